The van der Waals surface area contributed by atoms with Gasteiger partial charge in [-0.2, -0.15) is 13.2 Å². The second kappa shape index (κ2) is 10.3. The summed E-state index contributed by atoms with van der Waals surface area (Å²) >= 11 is 0. The predicted molar refractivity (Wildman–Crippen MR) is 134 cm³/mol. The van der Waals surface area contributed by atoms with Crippen molar-refractivity contribution in [3.8, 4) is 11.1 Å². The van der Waals surface area contributed by atoms with Crippen molar-refractivity contribution in [2.75, 3.05) is 23.8 Å². The van der Waals surface area contributed by atoms with Crippen molar-refractivity contribution in [2.45, 2.75) is 54.1 Å². The van der Waals surface area contributed by atoms with E-state index >= 15 is 0 Å². The van der Waals surface area contributed by atoms with Gasteiger partial charge in [-0.3, -0.25) is 0 Å². The van der Waals surface area contributed by atoms with Gasteiger partial charge in [-0.05, 0) is 73.2 Å². The molecule has 1 aliphatic heterocycles. The molecular weight excluding hydrogens is 505 g/mol. The SMILES string of the molecule is O=S(=O)(c1ccc(-c2ccnc(NC3COC3)c2)cc1)[C@H]1CC[C@H](Nc2ccc(C(F)(F)F)cn2)CC1. The molecule has 11 heteroatoms. The lowest BCUT2D eigenvalue weighted by Gasteiger charge is -2.29. The monoisotopic (exact) mass is 532 g/mol. The average molecular weight is 533 g/mol. The number of hydrogen-bond donors (Lipinski definition) is 2. The van der Waals surface area contributed by atoms with Crippen molar-refractivity contribution in [3.05, 3.63) is 66.5 Å². The number of alkyl halides is 3. The zero-order valence-electron chi connectivity index (χ0n) is 19.9. The minimum Gasteiger partial charge on any atom is -0.377 e. The number of nitrogens with zero attached hydrogens (tertiary/aromatic N) is 2. The van der Waals surface area contributed by atoms with E-state index in [0.29, 0.717) is 44.7 Å². The highest BCUT2D eigenvalue weighted by molar-refractivity contribution is 7.92. The molecule has 5 rings (SSSR count). The van der Waals surface area contributed by atoms with Crippen LogP contribution >= 0.6 is 0 Å². The standard InChI is InChI=1S/C26H27F3N4O3S/c27-26(28,29)19-3-10-24(31-14-19)32-20-4-8-23(9-5-20)37(34,35)22-6-1-17(2-7-22)18-11-12-30-25(13-18)33-21-15-36-16-21/h1-3,6-7,10-14,20-21,23H,4-5,8-9,15-16H2,(H,30,33)(H,31,32)/t20-,23-. The molecule has 1 saturated heterocycles. The summed E-state index contributed by atoms with van der Waals surface area (Å²) < 4.78 is 69.9. The highest BCUT2D eigenvalue weighted by Gasteiger charge is 2.33. The first-order chi connectivity index (χ1) is 17.7. The number of rotatable bonds is 7. The molecule has 0 unspecified atom stereocenters. The zero-order chi connectivity index (χ0) is 26.0. The van der Waals surface area contributed by atoms with Crippen LogP contribution in [0.25, 0.3) is 11.1 Å². The van der Waals surface area contributed by atoms with Crippen LogP contribution in [0.4, 0.5) is 24.8 Å². The zero-order valence-corrected chi connectivity index (χ0v) is 20.7. The third-order valence-corrected chi connectivity index (χ3v) is 9.10. The molecule has 0 bridgehead atoms. The number of benzene rings is 1. The van der Waals surface area contributed by atoms with Crippen molar-refractivity contribution in [1.29, 1.82) is 0 Å². The highest BCUT2D eigenvalue weighted by Crippen LogP contribution is 2.32. The summed E-state index contributed by atoms with van der Waals surface area (Å²) in [4.78, 5) is 8.47. The molecule has 0 amide bonds. The fourth-order valence-corrected chi connectivity index (χ4v) is 6.41. The quantitative estimate of drug-likeness (QED) is 0.434. The first-order valence-corrected chi connectivity index (χ1v) is 13.7. The number of sulfone groups is 1. The van der Waals surface area contributed by atoms with Crippen LogP contribution in [-0.2, 0) is 20.8 Å². The van der Waals surface area contributed by atoms with Gasteiger partial charge in [0.25, 0.3) is 0 Å². The number of pyridine rings is 2. The molecule has 37 heavy (non-hydrogen) atoms. The van der Waals surface area contributed by atoms with Gasteiger partial charge < -0.3 is 15.4 Å². The predicted octanol–water partition coefficient (Wildman–Crippen LogP) is 5.17. The van der Waals surface area contributed by atoms with E-state index < -0.39 is 26.8 Å². The Morgan fingerprint density at radius 2 is 1.51 bits per heavy atom. The third kappa shape index (κ3) is 5.88. The molecule has 2 fully saturated rings. The molecule has 0 atom stereocenters. The van der Waals surface area contributed by atoms with E-state index in [2.05, 4.69) is 20.6 Å². The summed E-state index contributed by atoms with van der Waals surface area (Å²) in [6.45, 7) is 1.31. The second-order valence-electron chi connectivity index (χ2n) is 9.43. The van der Waals surface area contributed by atoms with Crippen LogP contribution in [0.2, 0.25) is 0 Å². The number of halogens is 3. The molecule has 0 spiro atoms. The van der Waals surface area contributed by atoms with E-state index in [0.717, 1.165) is 29.2 Å². The van der Waals surface area contributed by atoms with E-state index in [4.69, 9.17) is 4.74 Å². The lowest BCUT2D eigenvalue weighted by Crippen LogP contribution is -2.40. The maximum Gasteiger partial charge on any atom is 0.417 e. The molecule has 2 N–H and O–H groups in total. The molecule has 2 aromatic heterocycles. The van der Waals surface area contributed by atoms with E-state index in [9.17, 15) is 21.6 Å². The van der Waals surface area contributed by atoms with Crippen molar-refractivity contribution in [3.63, 3.8) is 0 Å². The Morgan fingerprint density at radius 1 is 0.811 bits per heavy atom. The Labute approximate surface area is 213 Å². The largest absolute Gasteiger partial charge is 0.417 e. The summed E-state index contributed by atoms with van der Waals surface area (Å²) in [6, 6.07) is 13.2. The number of hydrogen-bond acceptors (Lipinski definition) is 7. The van der Waals surface area contributed by atoms with Crippen LogP contribution < -0.4 is 10.6 Å². The molecule has 0 radical (unpaired) electrons. The Morgan fingerprint density at radius 3 is 2.11 bits per heavy atom. The van der Waals surface area contributed by atoms with Gasteiger partial charge >= 0.3 is 6.18 Å². The van der Waals surface area contributed by atoms with Crippen LogP contribution in [0.1, 0.15) is 31.2 Å². The van der Waals surface area contributed by atoms with E-state index in [1.807, 2.05) is 24.3 Å². The van der Waals surface area contributed by atoms with Gasteiger partial charge in [0.15, 0.2) is 9.84 Å². The van der Waals surface area contributed by atoms with Crippen LogP contribution in [0.5, 0.6) is 0 Å². The Kier molecular flexibility index (Phi) is 7.09. The Balaban J connectivity index is 1.19. The summed E-state index contributed by atoms with van der Waals surface area (Å²) in [7, 11) is -3.51. The fourth-order valence-electron chi connectivity index (χ4n) is 4.62. The highest BCUT2D eigenvalue weighted by atomic mass is 32.2. The van der Waals surface area contributed by atoms with Gasteiger partial charge in [0.2, 0.25) is 0 Å². The van der Waals surface area contributed by atoms with Crippen LogP contribution in [0.15, 0.2) is 65.8 Å². The van der Waals surface area contributed by atoms with E-state index in [-0.39, 0.29) is 17.0 Å². The normalized spacial score (nSPS) is 20.7. The van der Waals surface area contributed by atoms with Crippen LogP contribution in [0, 0.1) is 0 Å². The first-order valence-electron chi connectivity index (χ1n) is 12.1. The van der Waals surface area contributed by atoms with Crippen LogP contribution in [-0.4, -0.2) is 48.9 Å². The summed E-state index contributed by atoms with van der Waals surface area (Å²) in [6.07, 6.45) is 0.190. The number of anilines is 2. The molecular formula is C26H27F3N4O3S. The maximum atomic E-state index is 13.3. The van der Waals surface area contributed by atoms with E-state index in [1.165, 1.54) is 6.07 Å². The van der Waals surface area contributed by atoms with Gasteiger partial charge in [0.05, 0.1) is 35.0 Å². The second-order valence-corrected chi connectivity index (χ2v) is 11.7. The van der Waals surface area contributed by atoms with Gasteiger partial charge in [-0.15, -0.1) is 0 Å². The Bertz CT molecular complexity index is 1320. The molecule has 2 aliphatic rings. The minimum absolute atomic E-state index is 0.0425. The molecule has 3 heterocycles. The van der Waals surface area contributed by atoms with E-state index in [1.54, 1.807) is 18.3 Å². The van der Waals surface area contributed by atoms with Crippen molar-refractivity contribution < 1.29 is 26.3 Å². The smallest absolute Gasteiger partial charge is 0.377 e. The lowest BCUT2D eigenvalue weighted by atomic mass is 9.95. The summed E-state index contributed by atoms with van der Waals surface area (Å²) in [5, 5.41) is 5.94. The molecule has 7 nitrogen and oxygen atoms in total. The third-order valence-electron chi connectivity index (χ3n) is 6.82. The van der Waals surface area contributed by atoms with Crippen molar-refractivity contribution in [2.24, 2.45) is 0 Å². The molecule has 3 aromatic rings. The van der Waals surface area contributed by atoms with Gasteiger partial charge in [-0.1, -0.05) is 12.1 Å². The first kappa shape index (κ1) is 25.5. The fraction of sp³-hybridized carbons (Fsp3) is 0.385. The van der Waals surface area contributed by atoms with Gasteiger partial charge in [-0.25, -0.2) is 18.4 Å². The number of nitrogens with one attached hydrogen (secondary N) is 2. The van der Waals surface area contributed by atoms with Crippen molar-refractivity contribution in [1.82, 2.24) is 9.97 Å². The topological polar surface area (TPSA) is 93.2 Å². The molecule has 1 aromatic carbocycles. The number of aromatic nitrogens is 2. The lowest BCUT2D eigenvalue weighted by molar-refractivity contribution is -0.137. The minimum atomic E-state index is -4.43. The average Bonchev–Trinajstić information content (AvgIpc) is 2.87. The van der Waals surface area contributed by atoms with Gasteiger partial charge in [0.1, 0.15) is 11.6 Å². The molecule has 1 aliphatic carbocycles. The summed E-state index contributed by atoms with van der Waals surface area (Å²) in [5.74, 6) is 1.10. The van der Waals surface area contributed by atoms with Crippen molar-refractivity contribution >= 4 is 21.5 Å². The molecule has 196 valence electrons. The maximum absolute atomic E-state index is 13.3. The Hall–Kier alpha value is -3.18. The van der Waals surface area contributed by atoms with Gasteiger partial charge in [0, 0.05) is 18.4 Å². The molecule has 1 saturated carbocycles. The number of ether oxygens (including phenoxy) is 1. The summed E-state index contributed by atoms with van der Waals surface area (Å²) in [5.41, 5.74) is 1.03. The van der Waals surface area contributed by atoms with Crippen LogP contribution in [0.3, 0.4) is 0 Å².